The maximum atomic E-state index is 13.4. The van der Waals surface area contributed by atoms with E-state index in [-0.39, 0.29) is 17.9 Å². The Labute approximate surface area is 235 Å². The van der Waals surface area contributed by atoms with E-state index in [9.17, 15) is 14.7 Å². The molecule has 40 heavy (non-hydrogen) atoms. The average Bonchev–Trinajstić information content (AvgIpc) is 2.96. The van der Waals surface area contributed by atoms with E-state index in [1.165, 1.54) is 0 Å². The maximum absolute atomic E-state index is 13.4. The normalized spacial score (nSPS) is 26.1. The average molecular weight is 553 g/mol. The van der Waals surface area contributed by atoms with Gasteiger partial charge in [0.05, 0.1) is 39.9 Å². The van der Waals surface area contributed by atoms with Gasteiger partial charge in [-0.25, -0.2) is 0 Å². The number of ether oxygens (including phenoxy) is 4. The molecule has 3 aliphatic rings. The van der Waals surface area contributed by atoms with Crippen LogP contribution >= 0.6 is 0 Å². The van der Waals surface area contributed by atoms with Crippen LogP contribution in [0.2, 0.25) is 0 Å². The number of rotatable bonds is 6. The number of hydrogen-bond acceptors (Lipinski definition) is 7. The van der Waals surface area contributed by atoms with Gasteiger partial charge >= 0.3 is 5.97 Å². The van der Waals surface area contributed by atoms with Gasteiger partial charge in [0.25, 0.3) is 0 Å². The lowest BCUT2D eigenvalue weighted by Gasteiger charge is -2.59. The van der Waals surface area contributed by atoms with Gasteiger partial charge in [-0.3, -0.25) is 14.5 Å². The van der Waals surface area contributed by atoms with Crippen molar-refractivity contribution in [2.75, 3.05) is 48.6 Å². The van der Waals surface area contributed by atoms with Crippen LogP contribution in [-0.4, -0.2) is 75.4 Å². The van der Waals surface area contributed by atoms with Crippen molar-refractivity contribution >= 4 is 11.9 Å². The van der Waals surface area contributed by atoms with Crippen LogP contribution in [0.1, 0.15) is 54.5 Å². The van der Waals surface area contributed by atoms with Crippen molar-refractivity contribution < 1.29 is 33.6 Å². The van der Waals surface area contributed by atoms with Gasteiger partial charge in [0.2, 0.25) is 5.91 Å². The smallest absolute Gasteiger partial charge is 0.306 e. The molecule has 0 radical (unpaired) electrons. The molecule has 1 amide bonds. The molecule has 216 valence electrons. The largest absolute Gasteiger partial charge is 0.493 e. The summed E-state index contributed by atoms with van der Waals surface area (Å²) >= 11 is 0. The van der Waals surface area contributed by atoms with E-state index in [1.807, 2.05) is 29.2 Å². The predicted octanol–water partition coefficient (Wildman–Crippen LogP) is 4.05. The third-order valence-corrected chi connectivity index (χ3v) is 9.47. The van der Waals surface area contributed by atoms with Crippen LogP contribution in [0.5, 0.6) is 23.0 Å². The topological polar surface area (TPSA) is 97.8 Å². The van der Waals surface area contributed by atoms with Crippen molar-refractivity contribution in [2.24, 2.45) is 11.8 Å². The van der Waals surface area contributed by atoms with Crippen molar-refractivity contribution in [1.82, 2.24) is 9.80 Å². The first-order valence-electron chi connectivity index (χ1n) is 13.9. The number of hydrogen-bond donors (Lipinski definition) is 1. The zero-order valence-electron chi connectivity index (χ0n) is 24.3. The fourth-order valence-electron chi connectivity index (χ4n) is 7.66. The number of amides is 1. The van der Waals surface area contributed by atoms with Crippen LogP contribution in [-0.2, 0) is 28.0 Å². The van der Waals surface area contributed by atoms with E-state index >= 15 is 0 Å². The second kappa shape index (κ2) is 10.8. The van der Waals surface area contributed by atoms with Crippen LogP contribution in [0, 0.1) is 11.8 Å². The number of nitrogens with zero attached hydrogens (tertiary/aromatic N) is 2. The first kappa shape index (κ1) is 28.1. The Morgan fingerprint density at radius 3 is 2.05 bits per heavy atom. The molecule has 9 heteroatoms. The predicted molar refractivity (Wildman–Crippen MR) is 149 cm³/mol. The number of likely N-dealkylation sites (N-methyl/N-ethyl adjacent to an activating group) is 1. The molecular formula is C31H40N2O7. The summed E-state index contributed by atoms with van der Waals surface area (Å²) in [5, 5.41) is 10.2. The van der Waals surface area contributed by atoms with Crippen LogP contribution in [0.4, 0.5) is 0 Å². The molecule has 1 fully saturated rings. The Hall–Kier alpha value is -3.46. The maximum Gasteiger partial charge on any atom is 0.306 e. The molecule has 2 aliphatic heterocycles. The number of benzene rings is 2. The first-order chi connectivity index (χ1) is 19.2. The summed E-state index contributed by atoms with van der Waals surface area (Å²) in [4.78, 5) is 30.2. The lowest BCUT2D eigenvalue weighted by atomic mass is 9.58. The highest BCUT2D eigenvalue weighted by Gasteiger charge is 2.57. The number of aliphatic carboxylic acids is 1. The molecule has 1 aliphatic carbocycles. The molecule has 0 aromatic heterocycles. The van der Waals surface area contributed by atoms with Gasteiger partial charge in [-0.2, -0.15) is 0 Å². The minimum absolute atomic E-state index is 0.00907. The van der Waals surface area contributed by atoms with E-state index in [2.05, 4.69) is 11.9 Å². The van der Waals surface area contributed by atoms with Crippen molar-refractivity contribution in [3.8, 4) is 23.0 Å². The summed E-state index contributed by atoms with van der Waals surface area (Å²) in [5.41, 5.74) is 3.68. The highest BCUT2D eigenvalue weighted by molar-refractivity contribution is 5.76. The molecule has 2 aromatic carbocycles. The van der Waals surface area contributed by atoms with Crippen LogP contribution in [0.3, 0.4) is 0 Å². The molecule has 9 nitrogen and oxygen atoms in total. The lowest BCUT2D eigenvalue weighted by molar-refractivity contribution is -0.153. The standard InChI is InChI=1S/C31H40N2O7/c1-18(34)33-12-9-20-15-26(38-4)28(40-6)17-23(20)31(33)10-7-21(30(35)36)13-24(31)29-22-16-27(39-5)25(37-3)14-19(22)8-11-32(29)2/h14-17,21,24,29H,7-13H2,1-6H3,(H,35,36)/t21-,24-,29?,31-/m0/s1. The Balaban J connectivity index is 1.78. The van der Waals surface area contributed by atoms with Gasteiger partial charge < -0.3 is 29.0 Å². The van der Waals surface area contributed by atoms with Crippen LogP contribution in [0.25, 0.3) is 0 Å². The van der Waals surface area contributed by atoms with Crippen LogP contribution in [0.15, 0.2) is 24.3 Å². The minimum Gasteiger partial charge on any atom is -0.493 e. The number of methoxy groups -OCH3 is 4. The molecule has 5 rings (SSSR count). The van der Waals surface area contributed by atoms with Crippen molar-refractivity contribution in [3.63, 3.8) is 0 Å². The molecule has 1 saturated carbocycles. The Morgan fingerprint density at radius 2 is 1.45 bits per heavy atom. The van der Waals surface area contributed by atoms with Gasteiger partial charge in [0.1, 0.15) is 0 Å². The van der Waals surface area contributed by atoms with E-state index in [0.717, 1.165) is 35.2 Å². The molecule has 4 atom stereocenters. The van der Waals surface area contributed by atoms with Crippen molar-refractivity contribution in [1.29, 1.82) is 0 Å². The summed E-state index contributed by atoms with van der Waals surface area (Å²) in [6.45, 7) is 2.98. The Morgan fingerprint density at radius 1 is 0.875 bits per heavy atom. The summed E-state index contributed by atoms with van der Waals surface area (Å²) < 4.78 is 22.7. The number of carbonyl (C=O) groups excluding carboxylic acids is 1. The number of fused-ring (bicyclic) bond motifs is 3. The molecular weight excluding hydrogens is 512 g/mol. The number of carboxylic acid groups (broad SMARTS) is 1. The zero-order valence-corrected chi connectivity index (χ0v) is 24.3. The quantitative estimate of drug-likeness (QED) is 0.573. The highest BCUT2D eigenvalue weighted by Crippen LogP contribution is 2.58. The van der Waals surface area contributed by atoms with Crippen molar-refractivity contribution in [2.45, 2.75) is 50.6 Å². The number of carboxylic acids is 1. The Bertz CT molecular complexity index is 1310. The first-order valence-corrected chi connectivity index (χ1v) is 13.9. The van der Waals surface area contributed by atoms with E-state index < -0.39 is 17.4 Å². The monoisotopic (exact) mass is 552 g/mol. The highest BCUT2D eigenvalue weighted by atomic mass is 16.5. The fourth-order valence-corrected chi connectivity index (χ4v) is 7.66. The van der Waals surface area contributed by atoms with Crippen LogP contribution < -0.4 is 18.9 Å². The number of carbonyl (C=O) groups is 2. The summed E-state index contributed by atoms with van der Waals surface area (Å²) in [5.74, 6) is 1.07. The van der Waals surface area contributed by atoms with E-state index in [4.69, 9.17) is 18.9 Å². The summed E-state index contributed by atoms with van der Waals surface area (Å²) in [6.07, 6.45) is 3.00. The van der Waals surface area contributed by atoms with E-state index in [0.29, 0.717) is 55.2 Å². The third kappa shape index (κ3) is 4.35. The molecule has 1 spiro atoms. The molecule has 1 unspecified atom stereocenters. The molecule has 0 bridgehead atoms. The zero-order chi connectivity index (χ0) is 28.8. The SMILES string of the molecule is COc1cc2c(cc1OC)C([C@@H]1C[C@@H](C(=O)O)CC[C@]13c1cc(OC)c(OC)cc1CCN3C(C)=O)N(C)CC2. The van der Waals surface area contributed by atoms with Crippen molar-refractivity contribution in [3.05, 3.63) is 46.5 Å². The summed E-state index contributed by atoms with van der Waals surface area (Å²) in [6, 6.07) is 7.99. The van der Waals surface area contributed by atoms with Gasteiger partial charge in [-0.1, -0.05) is 0 Å². The van der Waals surface area contributed by atoms with Gasteiger partial charge in [0.15, 0.2) is 23.0 Å². The van der Waals surface area contributed by atoms with Gasteiger partial charge in [0, 0.05) is 32.0 Å². The molecule has 2 aromatic rings. The van der Waals surface area contributed by atoms with Gasteiger partial charge in [-0.15, -0.1) is 0 Å². The third-order valence-electron chi connectivity index (χ3n) is 9.47. The Kier molecular flexibility index (Phi) is 7.61. The summed E-state index contributed by atoms with van der Waals surface area (Å²) in [7, 11) is 8.60. The van der Waals surface area contributed by atoms with Gasteiger partial charge in [-0.05, 0) is 85.7 Å². The lowest BCUT2D eigenvalue weighted by Crippen LogP contribution is -2.62. The second-order valence-corrected chi connectivity index (χ2v) is 11.2. The minimum atomic E-state index is -0.788. The molecule has 0 saturated heterocycles. The second-order valence-electron chi connectivity index (χ2n) is 11.2. The van der Waals surface area contributed by atoms with E-state index in [1.54, 1.807) is 35.4 Å². The molecule has 2 heterocycles. The molecule has 1 N–H and O–H groups in total. The fraction of sp³-hybridized carbons (Fsp3) is 0.548.